The normalized spacial score (nSPS) is 8.67. The lowest BCUT2D eigenvalue weighted by Gasteiger charge is -2.04. The number of rotatable bonds is 2. The Morgan fingerprint density at radius 3 is 2.75 bits per heavy atom. The molecule has 0 aliphatic carbocycles. The summed E-state index contributed by atoms with van der Waals surface area (Å²) in [4.78, 5) is 0. The molecule has 0 unspecified atom stereocenters. The van der Waals surface area contributed by atoms with E-state index in [0.717, 1.165) is 5.56 Å². The summed E-state index contributed by atoms with van der Waals surface area (Å²) in [5, 5.41) is 8.72. The Bertz CT molecular complexity index is 336. The van der Waals surface area contributed by atoms with Crippen molar-refractivity contribution >= 4 is 5.76 Å². The van der Waals surface area contributed by atoms with Crippen LogP contribution >= 0.6 is 0 Å². The third kappa shape index (κ3) is 1.46. The van der Waals surface area contributed by atoms with Crippen LogP contribution in [0.2, 0.25) is 0 Å². The molecule has 0 saturated heterocycles. The molecule has 1 aromatic carbocycles. The topological polar surface area (TPSA) is 33.0 Å². The van der Waals surface area contributed by atoms with Crippen molar-refractivity contribution < 1.29 is 4.74 Å². The number of nitrogens with zero attached hydrogens (tertiary/aromatic N) is 1. The van der Waals surface area contributed by atoms with Crippen molar-refractivity contribution in [1.29, 1.82) is 5.26 Å². The summed E-state index contributed by atoms with van der Waals surface area (Å²) in [7, 11) is 1.54. The maximum Gasteiger partial charge on any atom is 0.120 e. The third-order valence-electron chi connectivity index (χ3n) is 1.59. The fourth-order valence-corrected chi connectivity index (χ4v) is 0.934. The van der Waals surface area contributed by atoms with Crippen molar-refractivity contribution in [2.45, 2.75) is 0 Å². The van der Waals surface area contributed by atoms with Crippen LogP contribution in [-0.2, 0) is 4.74 Å². The van der Waals surface area contributed by atoms with E-state index in [9.17, 15) is 0 Å². The highest BCUT2D eigenvalue weighted by atomic mass is 16.5. The van der Waals surface area contributed by atoms with Gasteiger partial charge in [-0.15, -0.1) is 0 Å². The van der Waals surface area contributed by atoms with Crippen molar-refractivity contribution in [2.24, 2.45) is 0 Å². The van der Waals surface area contributed by atoms with Gasteiger partial charge in [-0.05, 0) is 12.1 Å². The Labute approximate surface area is 71.7 Å². The van der Waals surface area contributed by atoms with Gasteiger partial charge < -0.3 is 4.74 Å². The van der Waals surface area contributed by atoms with Crippen LogP contribution in [0.15, 0.2) is 30.8 Å². The maximum atomic E-state index is 8.72. The minimum atomic E-state index is 0.521. The monoisotopic (exact) mass is 159 g/mol. The minimum absolute atomic E-state index is 0.521. The van der Waals surface area contributed by atoms with Crippen LogP contribution in [0, 0.1) is 11.3 Å². The van der Waals surface area contributed by atoms with Gasteiger partial charge >= 0.3 is 0 Å². The van der Waals surface area contributed by atoms with Gasteiger partial charge in [0.1, 0.15) is 5.76 Å². The second kappa shape index (κ2) is 3.59. The maximum absolute atomic E-state index is 8.72. The van der Waals surface area contributed by atoms with Crippen LogP contribution in [0.25, 0.3) is 5.76 Å². The van der Waals surface area contributed by atoms with Crippen molar-refractivity contribution in [1.82, 2.24) is 0 Å². The average Bonchev–Trinajstić information content (AvgIpc) is 2.16. The van der Waals surface area contributed by atoms with E-state index < -0.39 is 0 Å². The lowest BCUT2D eigenvalue weighted by Crippen LogP contribution is -1.89. The summed E-state index contributed by atoms with van der Waals surface area (Å²) in [6, 6.07) is 9.27. The van der Waals surface area contributed by atoms with Crippen molar-refractivity contribution in [3.05, 3.63) is 42.0 Å². The van der Waals surface area contributed by atoms with Gasteiger partial charge in [0.05, 0.1) is 18.7 Å². The molecule has 12 heavy (non-hydrogen) atoms. The summed E-state index contributed by atoms with van der Waals surface area (Å²) in [6.45, 7) is 3.68. The van der Waals surface area contributed by atoms with E-state index in [-0.39, 0.29) is 0 Å². The molecular formula is C10H9NO. The van der Waals surface area contributed by atoms with E-state index in [1.54, 1.807) is 6.07 Å². The van der Waals surface area contributed by atoms with Gasteiger partial charge in [0.2, 0.25) is 0 Å². The van der Waals surface area contributed by atoms with Gasteiger partial charge in [-0.1, -0.05) is 18.7 Å². The molecule has 0 aliphatic rings. The van der Waals surface area contributed by atoms with E-state index in [1.165, 1.54) is 7.11 Å². The fraction of sp³-hybridized carbons (Fsp3) is 0.100. The van der Waals surface area contributed by atoms with Gasteiger partial charge in [-0.25, -0.2) is 0 Å². The smallest absolute Gasteiger partial charge is 0.120 e. The number of nitriles is 1. The summed E-state index contributed by atoms with van der Waals surface area (Å²) >= 11 is 0. The van der Waals surface area contributed by atoms with Gasteiger partial charge in [0, 0.05) is 5.56 Å². The van der Waals surface area contributed by atoms with Crippen LogP contribution in [0.5, 0.6) is 0 Å². The van der Waals surface area contributed by atoms with Gasteiger partial charge in [-0.2, -0.15) is 5.26 Å². The first kappa shape index (κ1) is 8.35. The van der Waals surface area contributed by atoms with E-state index in [2.05, 4.69) is 12.6 Å². The summed E-state index contributed by atoms with van der Waals surface area (Å²) < 4.78 is 4.93. The van der Waals surface area contributed by atoms with Crippen molar-refractivity contribution in [3.8, 4) is 6.07 Å². The van der Waals surface area contributed by atoms with E-state index in [1.807, 2.05) is 18.2 Å². The van der Waals surface area contributed by atoms with E-state index in [4.69, 9.17) is 10.00 Å². The highest BCUT2D eigenvalue weighted by Crippen LogP contribution is 2.16. The molecule has 0 N–H and O–H groups in total. The Hall–Kier alpha value is -1.75. The second-order valence-corrected chi connectivity index (χ2v) is 2.28. The molecule has 0 heterocycles. The second-order valence-electron chi connectivity index (χ2n) is 2.28. The first-order chi connectivity index (χ1) is 5.79. The molecule has 1 rings (SSSR count). The first-order valence-corrected chi connectivity index (χ1v) is 3.52. The molecule has 60 valence electrons. The summed E-state index contributed by atoms with van der Waals surface area (Å²) in [5.41, 5.74) is 1.34. The average molecular weight is 159 g/mol. The molecule has 2 nitrogen and oxygen atoms in total. The number of hydrogen-bond donors (Lipinski definition) is 0. The van der Waals surface area contributed by atoms with Crippen molar-refractivity contribution in [3.63, 3.8) is 0 Å². The molecule has 0 radical (unpaired) electrons. The Morgan fingerprint density at radius 2 is 2.17 bits per heavy atom. The van der Waals surface area contributed by atoms with E-state index in [0.29, 0.717) is 11.3 Å². The number of ether oxygens (including phenoxy) is 1. The zero-order valence-corrected chi connectivity index (χ0v) is 6.87. The Morgan fingerprint density at radius 1 is 1.50 bits per heavy atom. The predicted octanol–water partition coefficient (Wildman–Crippen LogP) is 2.18. The summed E-state index contributed by atoms with van der Waals surface area (Å²) in [5.74, 6) is 0.521. The highest BCUT2D eigenvalue weighted by molar-refractivity contribution is 5.63. The Kier molecular flexibility index (Phi) is 2.49. The van der Waals surface area contributed by atoms with Crippen LogP contribution in [0.3, 0.4) is 0 Å². The molecule has 0 atom stereocenters. The molecular weight excluding hydrogens is 150 g/mol. The zero-order chi connectivity index (χ0) is 8.97. The fourth-order valence-electron chi connectivity index (χ4n) is 0.934. The Balaban J connectivity index is 3.16. The van der Waals surface area contributed by atoms with Crippen molar-refractivity contribution in [2.75, 3.05) is 7.11 Å². The highest BCUT2D eigenvalue weighted by Gasteiger charge is 2.03. The predicted molar refractivity (Wildman–Crippen MR) is 47.2 cm³/mol. The lowest BCUT2D eigenvalue weighted by atomic mass is 10.1. The number of benzene rings is 1. The first-order valence-electron chi connectivity index (χ1n) is 3.52. The van der Waals surface area contributed by atoms with E-state index >= 15 is 0 Å². The molecule has 1 aromatic rings. The van der Waals surface area contributed by atoms with Crippen LogP contribution in [0.1, 0.15) is 11.1 Å². The van der Waals surface area contributed by atoms with Crippen LogP contribution < -0.4 is 0 Å². The standard InChI is InChI=1S/C10H9NO/c1-8(12-2)10-6-4-3-5-9(10)7-11/h3-6H,1H2,2H3. The minimum Gasteiger partial charge on any atom is -0.497 e. The zero-order valence-electron chi connectivity index (χ0n) is 6.87. The number of methoxy groups -OCH3 is 1. The lowest BCUT2D eigenvalue weighted by molar-refractivity contribution is 0.371. The molecule has 2 heteroatoms. The summed E-state index contributed by atoms with van der Waals surface area (Å²) in [6.07, 6.45) is 0. The molecule has 0 bridgehead atoms. The molecule has 0 amide bonds. The third-order valence-corrected chi connectivity index (χ3v) is 1.59. The van der Waals surface area contributed by atoms with Gasteiger partial charge in [-0.3, -0.25) is 0 Å². The van der Waals surface area contributed by atoms with Gasteiger partial charge in [0.15, 0.2) is 0 Å². The van der Waals surface area contributed by atoms with Crippen LogP contribution in [-0.4, -0.2) is 7.11 Å². The quantitative estimate of drug-likeness (QED) is 0.619. The van der Waals surface area contributed by atoms with Crippen LogP contribution in [0.4, 0.5) is 0 Å². The SMILES string of the molecule is C=C(OC)c1ccccc1C#N. The molecule has 0 spiro atoms. The molecule has 0 fully saturated rings. The van der Waals surface area contributed by atoms with Gasteiger partial charge in [0.25, 0.3) is 0 Å². The molecule has 0 aromatic heterocycles. The largest absolute Gasteiger partial charge is 0.497 e. The number of hydrogen-bond acceptors (Lipinski definition) is 2. The molecule has 0 aliphatic heterocycles. The molecule has 0 saturated carbocycles.